The maximum Gasteiger partial charge on any atom is 0.0992 e. The Kier molecular flexibility index (Phi) is 5.63. The monoisotopic (exact) mass is 268 g/mol. The lowest BCUT2D eigenvalue weighted by molar-refractivity contribution is 0.300. The summed E-state index contributed by atoms with van der Waals surface area (Å²) in [7, 11) is 0. The summed E-state index contributed by atoms with van der Waals surface area (Å²) in [5, 5.41) is 13.7. The maximum atomic E-state index is 9.06. The van der Waals surface area contributed by atoms with E-state index in [0.29, 0.717) is 0 Å². The number of aliphatic hydroxyl groups is 1. The zero-order valence-corrected chi connectivity index (χ0v) is 12.8. The first-order valence-electron chi connectivity index (χ1n) is 6.30. The second-order valence-electron chi connectivity index (χ2n) is 5.68. The summed E-state index contributed by atoms with van der Waals surface area (Å²) in [6.07, 6.45) is 1.91. The van der Waals surface area contributed by atoms with Gasteiger partial charge >= 0.3 is 0 Å². The van der Waals surface area contributed by atoms with E-state index in [9.17, 15) is 0 Å². The van der Waals surface area contributed by atoms with Crippen LogP contribution in [0.2, 0.25) is 0 Å². The van der Waals surface area contributed by atoms with Crippen molar-refractivity contribution < 1.29 is 5.11 Å². The van der Waals surface area contributed by atoms with Crippen molar-refractivity contribution in [1.82, 2.24) is 10.3 Å². The van der Waals surface area contributed by atoms with Crippen molar-refractivity contribution in [3.63, 3.8) is 0 Å². The van der Waals surface area contributed by atoms with Gasteiger partial charge in [-0.3, -0.25) is 0 Å². The van der Waals surface area contributed by atoms with Crippen LogP contribution in [0.5, 0.6) is 0 Å². The van der Waals surface area contributed by atoms with Crippen LogP contribution in [0.4, 0.5) is 0 Å². The first-order valence-corrected chi connectivity index (χ1v) is 7.18. The lowest BCUT2D eigenvalue weighted by Crippen LogP contribution is -2.35. The molecule has 4 heteroatoms. The smallest absolute Gasteiger partial charge is 0.0992 e. The second kappa shape index (κ2) is 6.55. The number of hydrogen-bond acceptors (Lipinski definition) is 4. The molecule has 0 saturated carbocycles. The van der Waals surface area contributed by atoms with E-state index < -0.39 is 0 Å². The van der Waals surface area contributed by atoms with Gasteiger partial charge in [0.2, 0.25) is 0 Å². The molecule has 0 amide bonds. The predicted molar refractivity (Wildman–Crippen MR) is 78.0 cm³/mol. The van der Waals surface area contributed by atoms with Gasteiger partial charge < -0.3 is 10.4 Å². The fourth-order valence-corrected chi connectivity index (χ4v) is 2.25. The molecular weight excluding hydrogens is 244 g/mol. The van der Waals surface area contributed by atoms with Gasteiger partial charge in [-0.05, 0) is 38.8 Å². The maximum absolute atomic E-state index is 9.06. The average Bonchev–Trinajstić information content (AvgIpc) is 2.28. The fraction of sp³-hybridized carbons (Fsp3) is 0.643. The molecule has 1 aromatic heterocycles. The van der Waals surface area contributed by atoms with E-state index in [-0.39, 0.29) is 17.4 Å². The summed E-state index contributed by atoms with van der Waals surface area (Å²) < 4.78 is 0. The number of hydrogen-bond donors (Lipinski definition) is 2. The molecule has 1 atom stereocenters. The van der Waals surface area contributed by atoms with E-state index in [0.717, 1.165) is 11.6 Å². The van der Waals surface area contributed by atoms with E-state index in [4.69, 9.17) is 5.11 Å². The van der Waals surface area contributed by atoms with Crippen molar-refractivity contribution in [1.29, 1.82) is 0 Å². The van der Waals surface area contributed by atoms with Crippen molar-refractivity contribution in [2.45, 2.75) is 57.0 Å². The minimum atomic E-state index is 0.118. The summed E-state index contributed by atoms with van der Waals surface area (Å²) in [6, 6.07) is 2.16. The largest absolute Gasteiger partial charge is 0.395 e. The Labute approximate surface area is 114 Å². The Hall–Kier alpha value is -0.580. The zero-order valence-electron chi connectivity index (χ0n) is 11.9. The summed E-state index contributed by atoms with van der Waals surface area (Å²) in [6.45, 7) is 11.5. The highest BCUT2D eigenvalue weighted by Gasteiger charge is 2.10. The number of nitrogens with one attached hydrogen (secondary N) is 1. The van der Waals surface area contributed by atoms with Crippen LogP contribution in [0.1, 0.15) is 38.8 Å². The van der Waals surface area contributed by atoms with Crippen molar-refractivity contribution >= 4 is 11.8 Å². The highest BCUT2D eigenvalue weighted by molar-refractivity contribution is 7.99. The highest BCUT2D eigenvalue weighted by Crippen LogP contribution is 2.24. The molecule has 0 saturated heterocycles. The van der Waals surface area contributed by atoms with E-state index in [1.807, 2.05) is 13.1 Å². The molecule has 0 aliphatic rings. The molecule has 0 aliphatic carbocycles. The molecule has 0 fully saturated rings. The Morgan fingerprint density at radius 2 is 2.11 bits per heavy atom. The number of aliphatic hydroxyl groups excluding tert-OH is 1. The molecule has 2 N–H and O–H groups in total. The molecule has 0 bridgehead atoms. The third-order valence-electron chi connectivity index (χ3n) is 2.48. The molecule has 1 aromatic rings. The molecule has 1 unspecified atom stereocenters. The molecule has 0 aromatic carbocycles. The quantitative estimate of drug-likeness (QED) is 0.806. The Morgan fingerprint density at radius 1 is 1.44 bits per heavy atom. The SMILES string of the molecule is Cc1cc(CNC(C)(C)C)cnc1SC(C)CO. The molecule has 18 heavy (non-hydrogen) atoms. The fourth-order valence-electron chi connectivity index (χ4n) is 1.44. The van der Waals surface area contributed by atoms with Crippen LogP contribution >= 0.6 is 11.8 Å². The normalized spacial score (nSPS) is 13.7. The number of nitrogens with zero attached hydrogens (tertiary/aromatic N) is 1. The van der Waals surface area contributed by atoms with E-state index in [2.05, 4.69) is 44.1 Å². The molecule has 102 valence electrons. The Bertz CT molecular complexity index is 388. The standard InChI is InChI=1S/C14H24N2OS/c1-10-6-12(8-16-14(3,4)5)7-15-13(10)18-11(2)9-17/h6-7,11,16-17H,8-9H2,1-5H3. The van der Waals surface area contributed by atoms with Gasteiger partial charge in [0.25, 0.3) is 0 Å². The van der Waals surface area contributed by atoms with Gasteiger partial charge in [-0.15, -0.1) is 11.8 Å². The van der Waals surface area contributed by atoms with Crippen LogP contribution in [0, 0.1) is 6.92 Å². The highest BCUT2D eigenvalue weighted by atomic mass is 32.2. The van der Waals surface area contributed by atoms with E-state index in [1.165, 1.54) is 11.1 Å². The second-order valence-corrected chi connectivity index (χ2v) is 7.11. The predicted octanol–water partition coefficient (Wildman–Crippen LogP) is 2.75. The third kappa shape index (κ3) is 5.38. The van der Waals surface area contributed by atoms with Gasteiger partial charge in [0, 0.05) is 23.5 Å². The van der Waals surface area contributed by atoms with Crippen molar-refractivity contribution in [3.8, 4) is 0 Å². The van der Waals surface area contributed by atoms with E-state index >= 15 is 0 Å². The van der Waals surface area contributed by atoms with Gasteiger partial charge in [-0.2, -0.15) is 0 Å². The molecule has 1 heterocycles. The third-order valence-corrected chi connectivity index (χ3v) is 3.68. The summed E-state index contributed by atoms with van der Waals surface area (Å²) in [4.78, 5) is 4.48. The molecule has 0 aliphatic heterocycles. The molecule has 1 rings (SSSR count). The van der Waals surface area contributed by atoms with Crippen LogP contribution in [0.3, 0.4) is 0 Å². The van der Waals surface area contributed by atoms with Gasteiger partial charge in [0.05, 0.1) is 11.6 Å². The minimum Gasteiger partial charge on any atom is -0.395 e. The lowest BCUT2D eigenvalue weighted by Gasteiger charge is -2.20. The molecule has 0 radical (unpaired) electrons. The number of pyridine rings is 1. The Balaban J connectivity index is 2.67. The first kappa shape index (κ1) is 15.5. The summed E-state index contributed by atoms with van der Waals surface area (Å²) in [5.74, 6) is 0. The van der Waals surface area contributed by atoms with Gasteiger partial charge in [0.1, 0.15) is 0 Å². The van der Waals surface area contributed by atoms with Crippen molar-refractivity contribution in [2.24, 2.45) is 0 Å². The van der Waals surface area contributed by atoms with Crippen LogP contribution in [0.25, 0.3) is 0 Å². The summed E-state index contributed by atoms with van der Waals surface area (Å²) in [5.41, 5.74) is 2.49. The number of thioether (sulfide) groups is 1. The zero-order chi connectivity index (χ0) is 13.8. The number of rotatable bonds is 5. The molecular formula is C14H24N2OS. The van der Waals surface area contributed by atoms with Crippen molar-refractivity contribution in [2.75, 3.05) is 6.61 Å². The van der Waals surface area contributed by atoms with Crippen LogP contribution in [-0.4, -0.2) is 27.5 Å². The minimum absolute atomic E-state index is 0.118. The number of aryl methyl sites for hydroxylation is 1. The molecule has 0 spiro atoms. The van der Waals surface area contributed by atoms with Crippen LogP contribution in [-0.2, 0) is 6.54 Å². The van der Waals surface area contributed by atoms with Crippen LogP contribution in [0.15, 0.2) is 17.3 Å². The van der Waals surface area contributed by atoms with E-state index in [1.54, 1.807) is 11.8 Å². The van der Waals surface area contributed by atoms with Gasteiger partial charge in [-0.25, -0.2) is 4.98 Å². The van der Waals surface area contributed by atoms with Gasteiger partial charge in [0.15, 0.2) is 0 Å². The number of aromatic nitrogens is 1. The lowest BCUT2D eigenvalue weighted by atomic mass is 10.1. The van der Waals surface area contributed by atoms with Crippen LogP contribution < -0.4 is 5.32 Å². The Morgan fingerprint density at radius 3 is 2.61 bits per heavy atom. The molecule has 3 nitrogen and oxygen atoms in total. The van der Waals surface area contributed by atoms with Crippen molar-refractivity contribution in [3.05, 3.63) is 23.4 Å². The average molecular weight is 268 g/mol. The summed E-state index contributed by atoms with van der Waals surface area (Å²) >= 11 is 1.62. The first-order chi connectivity index (χ1) is 8.31. The topological polar surface area (TPSA) is 45.2 Å². The van der Waals surface area contributed by atoms with Gasteiger partial charge in [-0.1, -0.05) is 13.0 Å².